The average molecular weight is 319 g/mol. The van der Waals surface area contributed by atoms with Crippen LogP contribution in [0.5, 0.6) is 0 Å². The molecule has 0 radical (unpaired) electrons. The Morgan fingerprint density at radius 2 is 1.43 bits per heavy atom. The van der Waals surface area contributed by atoms with E-state index in [1.165, 1.54) is 19.3 Å². The van der Waals surface area contributed by atoms with Gasteiger partial charge in [-0.3, -0.25) is 9.59 Å². The third-order valence-electron chi connectivity index (χ3n) is 6.51. The molecule has 2 heterocycles. The van der Waals surface area contributed by atoms with Crippen molar-refractivity contribution in [3.63, 3.8) is 0 Å². The smallest absolute Gasteiger partial charge is 0.240 e. The molecule has 2 saturated heterocycles. The van der Waals surface area contributed by atoms with E-state index in [4.69, 9.17) is 5.73 Å². The normalized spacial score (nSPS) is 32.9. The Labute approximate surface area is 138 Å². The van der Waals surface area contributed by atoms with Gasteiger partial charge in [0.1, 0.15) is 0 Å². The van der Waals surface area contributed by atoms with Crippen molar-refractivity contribution < 1.29 is 9.59 Å². The molecule has 5 nitrogen and oxygen atoms in total. The topological polar surface area (TPSA) is 66.6 Å². The molecule has 3 unspecified atom stereocenters. The number of fused-ring (bicyclic) bond motifs is 1. The van der Waals surface area contributed by atoms with E-state index in [1.807, 2.05) is 4.90 Å². The zero-order valence-corrected chi connectivity index (χ0v) is 14.0. The number of carbonyl (C=O) groups is 2. The van der Waals surface area contributed by atoms with E-state index in [0.29, 0.717) is 11.8 Å². The van der Waals surface area contributed by atoms with Gasteiger partial charge in [-0.15, -0.1) is 0 Å². The SMILES string of the molecule is NC(C(=O)N1CCC2C1CCN2C(=O)C1CC1)C1CCCCC1. The molecule has 0 aromatic carbocycles. The van der Waals surface area contributed by atoms with Gasteiger partial charge >= 0.3 is 0 Å². The Morgan fingerprint density at radius 1 is 0.826 bits per heavy atom. The summed E-state index contributed by atoms with van der Waals surface area (Å²) < 4.78 is 0. The first-order valence-corrected chi connectivity index (χ1v) is 9.53. The Hall–Kier alpha value is -1.10. The van der Waals surface area contributed by atoms with Crippen molar-refractivity contribution in [2.24, 2.45) is 17.6 Å². The molecule has 2 amide bonds. The second-order valence-electron chi connectivity index (χ2n) is 7.97. The van der Waals surface area contributed by atoms with E-state index in [0.717, 1.165) is 51.6 Å². The van der Waals surface area contributed by atoms with Gasteiger partial charge in [-0.05, 0) is 44.4 Å². The van der Waals surface area contributed by atoms with E-state index in [-0.39, 0.29) is 30.0 Å². The van der Waals surface area contributed by atoms with Crippen LogP contribution in [0.4, 0.5) is 0 Å². The highest BCUT2D eigenvalue weighted by Crippen LogP contribution is 2.38. The Morgan fingerprint density at radius 3 is 2.09 bits per heavy atom. The zero-order chi connectivity index (χ0) is 16.0. The van der Waals surface area contributed by atoms with Gasteiger partial charge in [0, 0.05) is 19.0 Å². The van der Waals surface area contributed by atoms with Crippen molar-refractivity contribution >= 4 is 11.8 Å². The quantitative estimate of drug-likeness (QED) is 0.857. The number of hydrogen-bond acceptors (Lipinski definition) is 3. The van der Waals surface area contributed by atoms with E-state index >= 15 is 0 Å². The molecule has 4 fully saturated rings. The highest BCUT2D eigenvalue weighted by atomic mass is 16.2. The van der Waals surface area contributed by atoms with Crippen LogP contribution >= 0.6 is 0 Å². The first-order valence-electron chi connectivity index (χ1n) is 9.53. The first-order chi connectivity index (χ1) is 11.2. The summed E-state index contributed by atoms with van der Waals surface area (Å²) in [5, 5.41) is 0. The summed E-state index contributed by atoms with van der Waals surface area (Å²) in [4.78, 5) is 29.4. The molecule has 23 heavy (non-hydrogen) atoms. The van der Waals surface area contributed by atoms with Gasteiger partial charge < -0.3 is 15.5 Å². The van der Waals surface area contributed by atoms with Crippen LogP contribution in [0.25, 0.3) is 0 Å². The second-order valence-corrected chi connectivity index (χ2v) is 7.97. The minimum Gasteiger partial charge on any atom is -0.337 e. The number of amides is 2. The standard InChI is InChI=1S/C18H29N3O2/c19-16(12-4-2-1-3-5-12)18(23)21-11-9-14-15(21)8-10-20(14)17(22)13-6-7-13/h12-16H,1-11,19H2. The monoisotopic (exact) mass is 319 g/mol. The summed E-state index contributed by atoms with van der Waals surface area (Å²) in [6.07, 6.45) is 9.89. The van der Waals surface area contributed by atoms with E-state index < -0.39 is 0 Å². The molecule has 128 valence electrons. The lowest BCUT2D eigenvalue weighted by molar-refractivity contribution is -0.136. The molecular formula is C18H29N3O2. The molecule has 2 saturated carbocycles. The second kappa shape index (κ2) is 6.08. The van der Waals surface area contributed by atoms with Crippen LogP contribution in [-0.4, -0.2) is 52.8 Å². The van der Waals surface area contributed by atoms with Gasteiger partial charge in [0.05, 0.1) is 18.1 Å². The molecule has 2 aliphatic carbocycles. The first kappa shape index (κ1) is 15.4. The molecule has 0 aromatic rings. The van der Waals surface area contributed by atoms with E-state index in [1.54, 1.807) is 0 Å². The summed E-state index contributed by atoms with van der Waals surface area (Å²) in [5.41, 5.74) is 6.34. The lowest BCUT2D eigenvalue weighted by Gasteiger charge is -2.32. The fraction of sp³-hybridized carbons (Fsp3) is 0.889. The fourth-order valence-corrected chi connectivity index (χ4v) is 4.98. The fourth-order valence-electron chi connectivity index (χ4n) is 4.98. The van der Waals surface area contributed by atoms with Crippen molar-refractivity contribution in [3.05, 3.63) is 0 Å². The largest absolute Gasteiger partial charge is 0.337 e. The molecule has 3 atom stereocenters. The van der Waals surface area contributed by atoms with E-state index in [2.05, 4.69) is 4.90 Å². The number of nitrogens with two attached hydrogens (primary N) is 1. The summed E-state index contributed by atoms with van der Waals surface area (Å²) in [5.74, 6) is 1.12. The minimum atomic E-state index is -0.331. The number of likely N-dealkylation sites (tertiary alicyclic amines) is 2. The Bertz CT molecular complexity index is 485. The molecule has 2 aliphatic heterocycles. The molecule has 5 heteroatoms. The predicted octanol–water partition coefficient (Wildman–Crippen LogP) is 1.51. The van der Waals surface area contributed by atoms with Crippen molar-refractivity contribution in [1.82, 2.24) is 9.80 Å². The van der Waals surface area contributed by atoms with Gasteiger partial charge in [-0.2, -0.15) is 0 Å². The lowest BCUT2D eigenvalue weighted by atomic mass is 9.83. The number of hydrogen-bond donors (Lipinski definition) is 1. The van der Waals surface area contributed by atoms with Crippen molar-refractivity contribution in [1.29, 1.82) is 0 Å². The average Bonchev–Trinajstić information content (AvgIpc) is 3.22. The Kier molecular flexibility index (Phi) is 4.08. The third kappa shape index (κ3) is 2.77. The summed E-state index contributed by atoms with van der Waals surface area (Å²) in [6, 6.07) is 0.146. The van der Waals surface area contributed by atoms with Crippen LogP contribution in [-0.2, 0) is 9.59 Å². The van der Waals surface area contributed by atoms with Gasteiger partial charge in [0.25, 0.3) is 0 Å². The van der Waals surface area contributed by atoms with Gasteiger partial charge in [0.2, 0.25) is 11.8 Å². The summed E-state index contributed by atoms with van der Waals surface area (Å²) in [6.45, 7) is 1.61. The van der Waals surface area contributed by atoms with Crippen molar-refractivity contribution in [2.45, 2.75) is 75.9 Å². The van der Waals surface area contributed by atoms with Crippen molar-refractivity contribution in [2.75, 3.05) is 13.1 Å². The number of rotatable bonds is 3. The van der Waals surface area contributed by atoms with Gasteiger partial charge in [0.15, 0.2) is 0 Å². The maximum atomic E-state index is 12.9. The summed E-state index contributed by atoms with van der Waals surface area (Å²) in [7, 11) is 0. The molecule has 2 N–H and O–H groups in total. The van der Waals surface area contributed by atoms with Crippen LogP contribution in [0, 0.1) is 11.8 Å². The van der Waals surface area contributed by atoms with Gasteiger partial charge in [-0.25, -0.2) is 0 Å². The molecule has 0 aromatic heterocycles. The maximum absolute atomic E-state index is 12.9. The number of nitrogens with zero attached hydrogens (tertiary/aromatic N) is 2. The van der Waals surface area contributed by atoms with Crippen LogP contribution in [0.3, 0.4) is 0 Å². The predicted molar refractivity (Wildman–Crippen MR) is 87.5 cm³/mol. The molecule has 4 aliphatic rings. The van der Waals surface area contributed by atoms with Crippen molar-refractivity contribution in [3.8, 4) is 0 Å². The maximum Gasteiger partial charge on any atom is 0.240 e. The third-order valence-corrected chi connectivity index (χ3v) is 6.51. The zero-order valence-electron chi connectivity index (χ0n) is 14.0. The highest BCUT2D eigenvalue weighted by molar-refractivity contribution is 5.84. The lowest BCUT2D eigenvalue weighted by Crippen LogP contribution is -2.51. The Balaban J connectivity index is 1.40. The number of carbonyl (C=O) groups excluding carboxylic acids is 2. The van der Waals surface area contributed by atoms with Crippen LogP contribution in [0.2, 0.25) is 0 Å². The molecular weight excluding hydrogens is 290 g/mol. The van der Waals surface area contributed by atoms with E-state index in [9.17, 15) is 9.59 Å². The molecule has 0 bridgehead atoms. The van der Waals surface area contributed by atoms with Crippen LogP contribution in [0.1, 0.15) is 57.8 Å². The molecule has 4 rings (SSSR count). The minimum absolute atomic E-state index is 0.144. The molecule has 0 spiro atoms. The van der Waals surface area contributed by atoms with Crippen LogP contribution in [0.15, 0.2) is 0 Å². The highest BCUT2D eigenvalue weighted by Gasteiger charge is 2.49. The van der Waals surface area contributed by atoms with Gasteiger partial charge in [-0.1, -0.05) is 19.3 Å². The summed E-state index contributed by atoms with van der Waals surface area (Å²) >= 11 is 0. The van der Waals surface area contributed by atoms with Crippen LogP contribution < -0.4 is 5.73 Å².